The van der Waals surface area contributed by atoms with Gasteiger partial charge in [0.1, 0.15) is 13.7 Å². The first-order chi connectivity index (χ1) is 9.08. The molecular weight excluding hydrogens is 238 g/mol. The lowest BCUT2D eigenvalue weighted by Gasteiger charge is -2.22. The van der Waals surface area contributed by atoms with Gasteiger partial charge in [-0.3, -0.25) is 5.43 Å². The van der Waals surface area contributed by atoms with Crippen molar-refractivity contribution in [3.63, 3.8) is 0 Å². The van der Waals surface area contributed by atoms with E-state index in [4.69, 9.17) is 7.85 Å². The second-order valence-electron chi connectivity index (χ2n) is 5.98. The van der Waals surface area contributed by atoms with Crippen molar-refractivity contribution in [1.82, 2.24) is 0 Å². The third kappa shape index (κ3) is 2.67. The number of rotatable bonds is 2. The Morgan fingerprint density at radius 3 is 2.53 bits per heavy atom. The quantitative estimate of drug-likeness (QED) is 0.638. The molecule has 1 aromatic carbocycles. The van der Waals surface area contributed by atoms with Gasteiger partial charge >= 0.3 is 0 Å². The van der Waals surface area contributed by atoms with Crippen molar-refractivity contribution in [3.05, 3.63) is 23.5 Å². The van der Waals surface area contributed by atoms with Crippen LogP contribution in [0.15, 0.2) is 17.2 Å². The Kier molecular flexibility index (Phi) is 3.11. The first-order valence-electron chi connectivity index (χ1n) is 6.95. The SMILES string of the molecule is [B]c1cc(NN=C2CCC3(CC2)CC3)c(C)cc1F. The Hall–Kier alpha value is -1.32. The van der Waals surface area contributed by atoms with Crippen molar-refractivity contribution < 1.29 is 4.39 Å². The number of nitrogens with zero attached hydrogens (tertiary/aromatic N) is 1. The lowest BCUT2D eigenvalue weighted by molar-refractivity contribution is 0.420. The summed E-state index contributed by atoms with van der Waals surface area (Å²) in [5.74, 6) is -0.371. The van der Waals surface area contributed by atoms with Crippen molar-refractivity contribution in [1.29, 1.82) is 0 Å². The van der Waals surface area contributed by atoms with Crippen LogP contribution >= 0.6 is 0 Å². The Labute approximate surface area is 114 Å². The van der Waals surface area contributed by atoms with Crippen LogP contribution < -0.4 is 10.9 Å². The zero-order chi connectivity index (χ0) is 13.5. The average Bonchev–Trinajstić information content (AvgIpc) is 3.14. The molecule has 2 aliphatic carbocycles. The summed E-state index contributed by atoms with van der Waals surface area (Å²) in [6.07, 6.45) is 7.53. The first-order valence-corrected chi connectivity index (χ1v) is 6.95. The summed E-state index contributed by atoms with van der Waals surface area (Å²) in [4.78, 5) is 0. The van der Waals surface area contributed by atoms with Gasteiger partial charge in [-0.1, -0.05) is 5.46 Å². The lowest BCUT2D eigenvalue weighted by atomic mass is 9.85. The normalized spacial score (nSPS) is 20.4. The average molecular weight is 256 g/mol. The van der Waals surface area contributed by atoms with Crippen LogP contribution in [0.1, 0.15) is 44.1 Å². The highest BCUT2D eigenvalue weighted by Crippen LogP contribution is 2.55. The molecule has 1 aromatic rings. The Morgan fingerprint density at radius 1 is 1.21 bits per heavy atom. The number of anilines is 1. The van der Waals surface area contributed by atoms with Gasteiger partial charge in [-0.2, -0.15) is 5.10 Å². The molecule has 4 heteroatoms. The van der Waals surface area contributed by atoms with Crippen LogP contribution in [0, 0.1) is 18.2 Å². The molecular formula is C15H18BFN2. The largest absolute Gasteiger partial charge is 0.278 e. The summed E-state index contributed by atoms with van der Waals surface area (Å²) < 4.78 is 13.3. The highest BCUT2D eigenvalue weighted by molar-refractivity contribution is 6.32. The highest BCUT2D eigenvalue weighted by atomic mass is 19.1. The second-order valence-corrected chi connectivity index (χ2v) is 5.98. The summed E-state index contributed by atoms with van der Waals surface area (Å²) in [6.45, 7) is 1.85. The van der Waals surface area contributed by atoms with Crippen LogP contribution in [0.2, 0.25) is 0 Å². The van der Waals surface area contributed by atoms with Gasteiger partial charge in [0, 0.05) is 5.71 Å². The van der Waals surface area contributed by atoms with Crippen LogP contribution in [-0.4, -0.2) is 13.6 Å². The monoisotopic (exact) mass is 256 g/mol. The maximum atomic E-state index is 13.3. The van der Waals surface area contributed by atoms with Gasteiger partial charge in [0.15, 0.2) is 0 Å². The van der Waals surface area contributed by atoms with Crippen molar-refractivity contribution in [3.8, 4) is 0 Å². The fourth-order valence-electron chi connectivity index (χ4n) is 2.81. The standard InChI is InChI=1S/C15H18BFN2/c1-10-8-13(17)12(16)9-14(10)19-18-11-2-4-15(5-3-11)6-7-15/h8-9,19H,2-7H2,1H3. The van der Waals surface area contributed by atoms with Crippen molar-refractivity contribution in [2.75, 3.05) is 5.43 Å². The molecule has 0 heterocycles. The van der Waals surface area contributed by atoms with E-state index >= 15 is 0 Å². The number of hydrazone groups is 1. The highest BCUT2D eigenvalue weighted by Gasteiger charge is 2.43. The van der Waals surface area contributed by atoms with E-state index in [9.17, 15) is 4.39 Å². The van der Waals surface area contributed by atoms with Gasteiger partial charge in [-0.05, 0) is 68.6 Å². The molecule has 1 N–H and O–H groups in total. The van der Waals surface area contributed by atoms with Gasteiger partial charge in [-0.15, -0.1) is 0 Å². The Morgan fingerprint density at radius 2 is 1.89 bits per heavy atom. The number of aryl methyl sites for hydroxylation is 1. The van der Waals surface area contributed by atoms with Gasteiger partial charge in [-0.25, -0.2) is 4.39 Å². The molecule has 0 bridgehead atoms. The number of benzene rings is 1. The van der Waals surface area contributed by atoms with E-state index in [1.807, 2.05) is 6.92 Å². The van der Waals surface area contributed by atoms with E-state index in [-0.39, 0.29) is 11.3 Å². The summed E-state index contributed by atoms with van der Waals surface area (Å²) >= 11 is 0. The maximum Gasteiger partial charge on any atom is 0.118 e. The predicted octanol–water partition coefficient (Wildman–Crippen LogP) is 3.05. The zero-order valence-electron chi connectivity index (χ0n) is 11.3. The summed E-state index contributed by atoms with van der Waals surface area (Å²) in [7, 11) is 5.58. The summed E-state index contributed by atoms with van der Waals surface area (Å²) in [5, 5.41) is 4.47. The van der Waals surface area contributed by atoms with E-state index in [0.717, 1.165) is 24.1 Å². The Bertz CT molecular complexity index is 523. The van der Waals surface area contributed by atoms with E-state index in [1.165, 1.54) is 37.5 Å². The van der Waals surface area contributed by atoms with Gasteiger partial charge in [0.05, 0.1) is 5.69 Å². The van der Waals surface area contributed by atoms with Crippen molar-refractivity contribution in [2.24, 2.45) is 10.5 Å². The van der Waals surface area contributed by atoms with Crippen molar-refractivity contribution in [2.45, 2.75) is 45.4 Å². The molecule has 0 atom stereocenters. The molecule has 0 unspecified atom stereocenters. The number of hydrogen-bond acceptors (Lipinski definition) is 2. The molecule has 2 saturated carbocycles. The minimum Gasteiger partial charge on any atom is -0.278 e. The summed E-state index contributed by atoms with van der Waals surface area (Å²) in [6, 6.07) is 3.05. The topological polar surface area (TPSA) is 24.4 Å². The van der Waals surface area contributed by atoms with E-state index in [0.29, 0.717) is 5.41 Å². The second kappa shape index (κ2) is 4.66. The number of hydrogen-bond donors (Lipinski definition) is 1. The molecule has 1 spiro atoms. The van der Waals surface area contributed by atoms with Crippen molar-refractivity contribution >= 4 is 24.7 Å². The van der Waals surface area contributed by atoms with Crippen LogP contribution in [0.5, 0.6) is 0 Å². The third-order valence-corrected chi connectivity index (χ3v) is 4.52. The maximum absolute atomic E-state index is 13.3. The van der Waals surface area contributed by atoms with Crippen LogP contribution in [-0.2, 0) is 0 Å². The number of nitrogens with one attached hydrogen (secondary N) is 1. The molecule has 2 nitrogen and oxygen atoms in total. The molecule has 2 aliphatic rings. The van der Waals surface area contributed by atoms with Gasteiger partial charge in [0.25, 0.3) is 0 Å². The molecule has 0 amide bonds. The predicted molar refractivity (Wildman–Crippen MR) is 77.7 cm³/mol. The Balaban J connectivity index is 1.67. The van der Waals surface area contributed by atoms with Gasteiger partial charge < -0.3 is 0 Å². The van der Waals surface area contributed by atoms with Crippen LogP contribution in [0.4, 0.5) is 10.1 Å². The molecule has 98 valence electrons. The van der Waals surface area contributed by atoms with Gasteiger partial charge in [0.2, 0.25) is 0 Å². The lowest BCUT2D eigenvalue weighted by Crippen LogP contribution is -2.16. The van der Waals surface area contributed by atoms with Crippen LogP contribution in [0.25, 0.3) is 0 Å². The molecule has 0 aliphatic heterocycles. The first kappa shape index (κ1) is 12.7. The smallest absolute Gasteiger partial charge is 0.118 e. The minimum absolute atomic E-state index is 0.161. The number of halogens is 1. The molecule has 0 aromatic heterocycles. The van der Waals surface area contributed by atoms with E-state index in [1.54, 1.807) is 6.07 Å². The summed E-state index contributed by atoms with van der Waals surface area (Å²) in [5.41, 5.74) is 6.71. The molecule has 3 rings (SSSR count). The zero-order valence-corrected chi connectivity index (χ0v) is 11.3. The molecule has 2 radical (unpaired) electrons. The molecule has 19 heavy (non-hydrogen) atoms. The molecule has 0 saturated heterocycles. The van der Waals surface area contributed by atoms with E-state index in [2.05, 4.69) is 10.5 Å². The third-order valence-electron chi connectivity index (χ3n) is 4.52. The van der Waals surface area contributed by atoms with Crippen LogP contribution in [0.3, 0.4) is 0 Å². The fourth-order valence-corrected chi connectivity index (χ4v) is 2.81. The molecule has 2 fully saturated rings. The minimum atomic E-state index is -0.371. The fraction of sp³-hybridized carbons (Fsp3) is 0.533. The van der Waals surface area contributed by atoms with E-state index < -0.39 is 0 Å².